The van der Waals surface area contributed by atoms with E-state index in [1.165, 1.54) is 12.1 Å². The van der Waals surface area contributed by atoms with Gasteiger partial charge in [-0.1, -0.05) is 42.5 Å². The van der Waals surface area contributed by atoms with Gasteiger partial charge in [0.15, 0.2) is 6.61 Å². The number of aryl methyl sites for hydroxylation is 1. The maximum atomic E-state index is 12.8. The summed E-state index contributed by atoms with van der Waals surface area (Å²) in [6, 6.07) is 15.7. The molecule has 0 bridgehead atoms. The normalized spacial score (nSPS) is 10.2. The number of hydrogen-bond acceptors (Lipinski definition) is 3. The molecule has 0 aliphatic carbocycles. The highest BCUT2D eigenvalue weighted by atomic mass is 19.1. The van der Waals surface area contributed by atoms with Crippen molar-refractivity contribution in [3.63, 3.8) is 0 Å². The van der Waals surface area contributed by atoms with Gasteiger partial charge in [-0.2, -0.15) is 0 Å². The third kappa shape index (κ3) is 6.60. The summed E-state index contributed by atoms with van der Waals surface area (Å²) in [4.78, 5) is 23.2. The quantitative estimate of drug-likeness (QED) is 0.758. The van der Waals surface area contributed by atoms with Crippen LogP contribution in [0.1, 0.15) is 17.5 Å². The SMILES string of the molecule is O=C(COC(=O)CCc1ccccc1)NCCc1ccc(F)cc1. The summed E-state index contributed by atoms with van der Waals surface area (Å²) >= 11 is 0. The molecule has 0 aromatic heterocycles. The molecule has 0 saturated carbocycles. The van der Waals surface area contributed by atoms with Gasteiger partial charge in [0.1, 0.15) is 5.82 Å². The maximum absolute atomic E-state index is 12.8. The summed E-state index contributed by atoms with van der Waals surface area (Å²) in [5, 5.41) is 2.67. The first-order chi connectivity index (χ1) is 11.6. The van der Waals surface area contributed by atoms with Crippen LogP contribution in [0.2, 0.25) is 0 Å². The summed E-state index contributed by atoms with van der Waals surface area (Å²) in [5.41, 5.74) is 1.98. The Hall–Kier alpha value is -2.69. The highest BCUT2D eigenvalue weighted by molar-refractivity contribution is 5.80. The molecular weight excluding hydrogens is 309 g/mol. The molecule has 0 spiro atoms. The van der Waals surface area contributed by atoms with Gasteiger partial charge in [0.2, 0.25) is 0 Å². The van der Waals surface area contributed by atoms with Gasteiger partial charge in [-0.05, 0) is 36.1 Å². The Kier molecular flexibility index (Phi) is 6.95. The Morgan fingerprint density at radius 3 is 2.29 bits per heavy atom. The van der Waals surface area contributed by atoms with Crippen LogP contribution in [0, 0.1) is 5.82 Å². The van der Waals surface area contributed by atoms with E-state index in [2.05, 4.69) is 5.32 Å². The Balaban J connectivity index is 1.58. The number of rotatable bonds is 8. The number of ether oxygens (including phenoxy) is 1. The van der Waals surface area contributed by atoms with Crippen molar-refractivity contribution in [2.45, 2.75) is 19.3 Å². The second-order valence-electron chi connectivity index (χ2n) is 5.37. The number of amides is 1. The molecule has 0 aliphatic heterocycles. The minimum absolute atomic E-state index is 0.243. The summed E-state index contributed by atoms with van der Waals surface area (Å²) in [6.45, 7) is 0.128. The summed E-state index contributed by atoms with van der Waals surface area (Å²) in [7, 11) is 0. The van der Waals surface area contributed by atoms with Crippen molar-refractivity contribution in [1.29, 1.82) is 0 Å². The van der Waals surface area contributed by atoms with Gasteiger partial charge < -0.3 is 10.1 Å². The number of nitrogens with one attached hydrogen (secondary N) is 1. The standard InChI is InChI=1S/C19H20FNO3/c20-17-9-6-16(7-10-17)12-13-21-18(22)14-24-19(23)11-8-15-4-2-1-3-5-15/h1-7,9-10H,8,11-14H2,(H,21,22). The van der Waals surface area contributed by atoms with Crippen molar-refractivity contribution < 1.29 is 18.7 Å². The highest BCUT2D eigenvalue weighted by Gasteiger charge is 2.07. The van der Waals surface area contributed by atoms with E-state index in [1.807, 2.05) is 30.3 Å². The van der Waals surface area contributed by atoms with Crippen LogP contribution in [0.25, 0.3) is 0 Å². The molecule has 126 valence electrons. The van der Waals surface area contributed by atoms with Crippen LogP contribution in [-0.4, -0.2) is 25.0 Å². The molecule has 2 aromatic carbocycles. The lowest BCUT2D eigenvalue weighted by Gasteiger charge is -2.07. The Morgan fingerprint density at radius 1 is 0.917 bits per heavy atom. The fourth-order valence-electron chi connectivity index (χ4n) is 2.16. The predicted octanol–water partition coefficient (Wildman–Crippen LogP) is 2.66. The largest absolute Gasteiger partial charge is 0.456 e. The van der Waals surface area contributed by atoms with Gasteiger partial charge in [0, 0.05) is 13.0 Å². The third-order valence-electron chi connectivity index (χ3n) is 3.47. The van der Waals surface area contributed by atoms with E-state index in [9.17, 15) is 14.0 Å². The number of benzene rings is 2. The smallest absolute Gasteiger partial charge is 0.306 e. The van der Waals surface area contributed by atoms with E-state index in [1.54, 1.807) is 12.1 Å². The van der Waals surface area contributed by atoms with E-state index in [0.29, 0.717) is 19.4 Å². The van der Waals surface area contributed by atoms with Crippen molar-refractivity contribution in [1.82, 2.24) is 5.32 Å². The molecule has 0 aliphatic rings. The average molecular weight is 329 g/mol. The Bertz CT molecular complexity index is 656. The molecule has 2 rings (SSSR count). The number of carbonyl (C=O) groups excluding carboxylic acids is 2. The first kappa shape index (κ1) is 17.7. The van der Waals surface area contributed by atoms with Gasteiger partial charge in [0.05, 0.1) is 0 Å². The zero-order valence-corrected chi connectivity index (χ0v) is 13.3. The summed E-state index contributed by atoms with van der Waals surface area (Å²) in [6.07, 6.45) is 1.42. The van der Waals surface area contributed by atoms with Crippen molar-refractivity contribution in [3.8, 4) is 0 Å². The van der Waals surface area contributed by atoms with Crippen LogP contribution in [0.3, 0.4) is 0 Å². The fourth-order valence-corrected chi connectivity index (χ4v) is 2.16. The van der Waals surface area contributed by atoms with E-state index in [-0.39, 0.29) is 24.8 Å². The molecule has 0 fully saturated rings. The van der Waals surface area contributed by atoms with Gasteiger partial charge in [-0.15, -0.1) is 0 Å². The van der Waals surface area contributed by atoms with Gasteiger partial charge >= 0.3 is 5.97 Å². The Labute approximate surface area is 140 Å². The predicted molar refractivity (Wildman–Crippen MR) is 88.8 cm³/mol. The van der Waals surface area contributed by atoms with Crippen molar-refractivity contribution >= 4 is 11.9 Å². The van der Waals surface area contributed by atoms with Gasteiger partial charge in [0.25, 0.3) is 5.91 Å². The molecule has 4 nitrogen and oxygen atoms in total. The molecule has 0 radical (unpaired) electrons. The second kappa shape index (κ2) is 9.45. The minimum atomic E-state index is -0.396. The van der Waals surface area contributed by atoms with E-state index in [4.69, 9.17) is 4.74 Å². The zero-order chi connectivity index (χ0) is 17.2. The van der Waals surface area contributed by atoms with Crippen molar-refractivity contribution in [3.05, 3.63) is 71.5 Å². The van der Waals surface area contributed by atoms with Gasteiger partial charge in [-0.25, -0.2) is 4.39 Å². The molecule has 0 saturated heterocycles. The molecule has 2 aromatic rings. The molecule has 1 N–H and O–H groups in total. The Morgan fingerprint density at radius 2 is 1.58 bits per heavy atom. The fraction of sp³-hybridized carbons (Fsp3) is 0.263. The molecule has 5 heteroatoms. The lowest BCUT2D eigenvalue weighted by Crippen LogP contribution is -2.30. The van der Waals surface area contributed by atoms with Crippen molar-refractivity contribution in [2.24, 2.45) is 0 Å². The second-order valence-corrected chi connectivity index (χ2v) is 5.37. The molecule has 24 heavy (non-hydrogen) atoms. The first-order valence-corrected chi connectivity index (χ1v) is 7.84. The zero-order valence-electron chi connectivity index (χ0n) is 13.3. The maximum Gasteiger partial charge on any atom is 0.306 e. The topological polar surface area (TPSA) is 55.4 Å². The summed E-state index contributed by atoms with van der Waals surface area (Å²) < 4.78 is 17.7. The van der Waals surface area contributed by atoms with Crippen LogP contribution in [0.5, 0.6) is 0 Å². The molecule has 0 unspecified atom stereocenters. The van der Waals surface area contributed by atoms with Crippen molar-refractivity contribution in [2.75, 3.05) is 13.2 Å². The third-order valence-corrected chi connectivity index (χ3v) is 3.47. The van der Waals surface area contributed by atoms with Crippen LogP contribution in [0.4, 0.5) is 4.39 Å². The van der Waals surface area contributed by atoms with Crippen LogP contribution in [-0.2, 0) is 27.2 Å². The number of halogens is 1. The lowest BCUT2D eigenvalue weighted by molar-refractivity contribution is -0.148. The van der Waals surface area contributed by atoms with E-state index in [0.717, 1.165) is 11.1 Å². The average Bonchev–Trinajstić information content (AvgIpc) is 2.61. The van der Waals surface area contributed by atoms with E-state index >= 15 is 0 Å². The van der Waals surface area contributed by atoms with E-state index < -0.39 is 5.97 Å². The monoisotopic (exact) mass is 329 g/mol. The number of esters is 1. The number of hydrogen-bond donors (Lipinski definition) is 1. The number of carbonyl (C=O) groups is 2. The molecular formula is C19H20FNO3. The van der Waals surface area contributed by atoms with Crippen LogP contribution >= 0.6 is 0 Å². The highest BCUT2D eigenvalue weighted by Crippen LogP contribution is 2.04. The summed E-state index contributed by atoms with van der Waals surface area (Å²) in [5.74, 6) is -1.03. The van der Waals surface area contributed by atoms with Gasteiger partial charge in [-0.3, -0.25) is 9.59 Å². The molecule has 0 heterocycles. The van der Waals surface area contributed by atoms with Crippen LogP contribution < -0.4 is 5.32 Å². The van der Waals surface area contributed by atoms with Crippen LogP contribution in [0.15, 0.2) is 54.6 Å². The molecule has 0 atom stereocenters. The minimum Gasteiger partial charge on any atom is -0.456 e. The first-order valence-electron chi connectivity index (χ1n) is 7.84. The lowest BCUT2D eigenvalue weighted by atomic mass is 10.1. The molecule has 1 amide bonds.